The number of anilines is 1. The Labute approximate surface area is 117 Å². The molecule has 2 rings (SSSR count). The third kappa shape index (κ3) is 3.17. The summed E-state index contributed by atoms with van der Waals surface area (Å²) in [4.78, 5) is 2.07. The Morgan fingerprint density at radius 1 is 0.850 bits per heavy atom. The molecule has 1 N–H and O–H groups in total. The van der Waals surface area contributed by atoms with Gasteiger partial charge in [0.25, 0.3) is 0 Å². The zero-order chi connectivity index (χ0) is 14.7. The third-order valence-corrected chi connectivity index (χ3v) is 3.99. The van der Waals surface area contributed by atoms with E-state index in [1.807, 2.05) is 11.8 Å². The first-order valence-corrected chi connectivity index (χ1v) is 7.23. The maximum Gasteiger partial charge on any atom is 0.200 e. The Morgan fingerprint density at radius 2 is 1.35 bits per heavy atom. The highest BCUT2D eigenvalue weighted by Gasteiger charge is 2.25. The zero-order valence-electron chi connectivity index (χ0n) is 10.5. The summed E-state index contributed by atoms with van der Waals surface area (Å²) >= 11 is 1.82. The van der Waals surface area contributed by atoms with E-state index in [0.29, 0.717) is 6.54 Å². The fourth-order valence-corrected chi connectivity index (χ4v) is 2.90. The van der Waals surface area contributed by atoms with E-state index < -0.39 is 34.8 Å². The van der Waals surface area contributed by atoms with Gasteiger partial charge >= 0.3 is 0 Å². The SMILES string of the molecule is Fc1c(F)c(F)c(NCCN2CCSCC2)c(F)c1F. The van der Waals surface area contributed by atoms with Crippen molar-refractivity contribution in [1.82, 2.24) is 4.90 Å². The molecule has 2 nitrogen and oxygen atoms in total. The van der Waals surface area contributed by atoms with Crippen molar-refractivity contribution in [2.24, 2.45) is 0 Å². The molecule has 8 heteroatoms. The molecular weight excluding hydrogens is 299 g/mol. The lowest BCUT2D eigenvalue weighted by atomic mass is 10.2. The smallest absolute Gasteiger partial charge is 0.200 e. The summed E-state index contributed by atoms with van der Waals surface area (Å²) in [5.74, 6) is -7.70. The number of hydrogen-bond acceptors (Lipinski definition) is 3. The van der Waals surface area contributed by atoms with Gasteiger partial charge in [-0.3, -0.25) is 4.90 Å². The Kier molecular flexibility index (Phi) is 5.09. The first-order valence-electron chi connectivity index (χ1n) is 6.07. The molecule has 1 aliphatic heterocycles. The Balaban J connectivity index is 2.02. The molecule has 1 aromatic rings. The van der Waals surface area contributed by atoms with Crippen LogP contribution in [0.5, 0.6) is 0 Å². The van der Waals surface area contributed by atoms with E-state index >= 15 is 0 Å². The maximum atomic E-state index is 13.4. The number of thioether (sulfide) groups is 1. The maximum absolute atomic E-state index is 13.4. The average Bonchev–Trinajstić information content (AvgIpc) is 2.48. The fourth-order valence-electron chi connectivity index (χ4n) is 1.92. The number of rotatable bonds is 4. The highest BCUT2D eigenvalue weighted by molar-refractivity contribution is 7.99. The Bertz CT molecular complexity index is 462. The van der Waals surface area contributed by atoms with Gasteiger partial charge in [0.15, 0.2) is 23.3 Å². The van der Waals surface area contributed by atoms with Crippen LogP contribution in [0.3, 0.4) is 0 Å². The van der Waals surface area contributed by atoms with Crippen LogP contribution in [0.15, 0.2) is 0 Å². The standard InChI is InChI=1S/C12H13F5N2S/c13-7-8(14)10(16)12(11(17)9(7)15)18-1-2-19-3-5-20-6-4-19/h18H,1-6H2. The van der Waals surface area contributed by atoms with Gasteiger partial charge in [0.05, 0.1) is 0 Å². The quantitative estimate of drug-likeness (QED) is 0.523. The minimum Gasteiger partial charge on any atom is -0.379 e. The van der Waals surface area contributed by atoms with Gasteiger partial charge in [-0.15, -0.1) is 0 Å². The minimum absolute atomic E-state index is 0.114. The lowest BCUT2D eigenvalue weighted by Gasteiger charge is -2.26. The molecule has 0 unspecified atom stereocenters. The van der Waals surface area contributed by atoms with Crippen LogP contribution in [0.25, 0.3) is 0 Å². The van der Waals surface area contributed by atoms with Crippen molar-refractivity contribution >= 4 is 17.4 Å². The van der Waals surface area contributed by atoms with Crippen molar-refractivity contribution in [2.75, 3.05) is 43.0 Å². The number of hydrogen-bond donors (Lipinski definition) is 1. The van der Waals surface area contributed by atoms with Crippen molar-refractivity contribution in [1.29, 1.82) is 0 Å². The van der Waals surface area contributed by atoms with Crippen molar-refractivity contribution < 1.29 is 22.0 Å². The van der Waals surface area contributed by atoms with Crippen LogP contribution in [0.4, 0.5) is 27.6 Å². The van der Waals surface area contributed by atoms with Crippen molar-refractivity contribution in [3.8, 4) is 0 Å². The van der Waals surface area contributed by atoms with E-state index in [4.69, 9.17) is 0 Å². The molecule has 0 amide bonds. The predicted molar refractivity (Wildman–Crippen MR) is 68.5 cm³/mol. The van der Waals surface area contributed by atoms with Gasteiger partial charge in [-0.2, -0.15) is 11.8 Å². The summed E-state index contributed by atoms with van der Waals surface area (Å²) in [6, 6.07) is 0. The van der Waals surface area contributed by atoms with Crippen LogP contribution < -0.4 is 5.32 Å². The largest absolute Gasteiger partial charge is 0.379 e. The predicted octanol–water partition coefficient (Wildman–Crippen LogP) is 2.84. The van der Waals surface area contributed by atoms with Gasteiger partial charge in [0.2, 0.25) is 5.82 Å². The van der Waals surface area contributed by atoms with E-state index in [1.54, 1.807) is 0 Å². The third-order valence-electron chi connectivity index (χ3n) is 3.04. The minimum atomic E-state index is -2.14. The zero-order valence-corrected chi connectivity index (χ0v) is 11.3. The fraction of sp³-hybridized carbons (Fsp3) is 0.500. The highest BCUT2D eigenvalue weighted by atomic mass is 32.2. The first kappa shape index (κ1) is 15.4. The van der Waals surface area contributed by atoms with E-state index in [-0.39, 0.29) is 6.54 Å². The molecule has 1 aliphatic rings. The van der Waals surface area contributed by atoms with E-state index in [9.17, 15) is 22.0 Å². The van der Waals surface area contributed by atoms with Crippen LogP contribution in [0.2, 0.25) is 0 Å². The Morgan fingerprint density at radius 3 is 1.90 bits per heavy atom. The van der Waals surface area contributed by atoms with Gasteiger partial charge in [-0.25, -0.2) is 22.0 Å². The molecule has 1 fully saturated rings. The van der Waals surface area contributed by atoms with E-state index in [1.165, 1.54) is 0 Å². The second kappa shape index (κ2) is 6.62. The number of nitrogens with one attached hydrogen (secondary N) is 1. The summed E-state index contributed by atoms with van der Waals surface area (Å²) < 4.78 is 65.5. The van der Waals surface area contributed by atoms with Crippen molar-refractivity contribution in [3.05, 3.63) is 29.1 Å². The molecule has 1 saturated heterocycles. The summed E-state index contributed by atoms with van der Waals surface area (Å²) in [5.41, 5.74) is -0.965. The molecule has 0 radical (unpaired) electrons. The second-order valence-electron chi connectivity index (χ2n) is 4.33. The highest BCUT2D eigenvalue weighted by Crippen LogP contribution is 2.26. The van der Waals surface area contributed by atoms with Crippen molar-refractivity contribution in [2.45, 2.75) is 0 Å². The first-order chi connectivity index (χ1) is 9.52. The number of nitrogens with zero attached hydrogens (tertiary/aromatic N) is 1. The lowest BCUT2D eigenvalue weighted by Crippen LogP contribution is -2.36. The summed E-state index contributed by atoms with van der Waals surface area (Å²) in [6.07, 6.45) is 0. The van der Waals surface area contributed by atoms with Crippen LogP contribution in [-0.4, -0.2) is 42.6 Å². The molecule has 0 saturated carbocycles. The van der Waals surface area contributed by atoms with E-state index in [0.717, 1.165) is 24.6 Å². The van der Waals surface area contributed by atoms with E-state index in [2.05, 4.69) is 10.2 Å². The second-order valence-corrected chi connectivity index (χ2v) is 5.55. The molecular formula is C12H13F5N2S. The van der Waals surface area contributed by atoms with Gasteiger partial charge in [-0.1, -0.05) is 0 Å². The molecule has 112 valence electrons. The molecule has 0 aromatic heterocycles. The van der Waals surface area contributed by atoms with Gasteiger partial charge in [0, 0.05) is 37.7 Å². The molecule has 0 bridgehead atoms. The summed E-state index contributed by atoms with van der Waals surface area (Å²) in [5, 5.41) is 2.29. The topological polar surface area (TPSA) is 15.3 Å². The van der Waals surface area contributed by atoms with Crippen LogP contribution in [-0.2, 0) is 0 Å². The van der Waals surface area contributed by atoms with Gasteiger partial charge in [0.1, 0.15) is 5.69 Å². The average molecular weight is 312 g/mol. The molecule has 1 heterocycles. The van der Waals surface area contributed by atoms with Crippen LogP contribution in [0.1, 0.15) is 0 Å². The molecule has 0 spiro atoms. The summed E-state index contributed by atoms with van der Waals surface area (Å²) in [7, 11) is 0. The van der Waals surface area contributed by atoms with Gasteiger partial charge < -0.3 is 5.32 Å². The van der Waals surface area contributed by atoms with Crippen molar-refractivity contribution in [3.63, 3.8) is 0 Å². The molecule has 0 aliphatic carbocycles. The lowest BCUT2D eigenvalue weighted by molar-refractivity contribution is 0.314. The summed E-state index contributed by atoms with van der Waals surface area (Å²) in [6.45, 7) is 2.30. The van der Waals surface area contributed by atoms with Crippen LogP contribution in [0, 0.1) is 29.1 Å². The molecule has 0 atom stereocenters. The molecule has 20 heavy (non-hydrogen) atoms. The monoisotopic (exact) mass is 312 g/mol. The number of benzene rings is 1. The normalized spacial score (nSPS) is 16.4. The number of halogens is 5. The molecule has 1 aromatic carbocycles. The van der Waals surface area contributed by atoms with Gasteiger partial charge in [-0.05, 0) is 0 Å². The van der Waals surface area contributed by atoms with Crippen LogP contribution >= 0.6 is 11.8 Å². The Hall–Kier alpha value is -1.02.